The van der Waals surface area contributed by atoms with Gasteiger partial charge in [-0.3, -0.25) is 14.4 Å². The highest BCUT2D eigenvalue weighted by Gasteiger charge is 2.37. The number of nitrogens with one attached hydrogen (secondary N) is 3. The van der Waals surface area contributed by atoms with Crippen LogP contribution in [0.5, 0.6) is 5.75 Å². The fraction of sp³-hybridized carbons (Fsp3) is 0.500. The third-order valence-electron chi connectivity index (χ3n) is 8.03. The molecule has 1 spiro atoms. The molecule has 8 nitrogen and oxygen atoms in total. The molecule has 2 atom stereocenters. The van der Waals surface area contributed by atoms with E-state index in [1.165, 1.54) is 4.90 Å². The minimum Gasteiger partial charge on any atom is -0.492 e. The van der Waals surface area contributed by atoms with Crippen molar-refractivity contribution in [2.24, 2.45) is 0 Å². The first kappa shape index (κ1) is 32.9. The highest BCUT2D eigenvalue weighted by atomic mass is 16.5. The molecule has 3 amide bonds. The third kappa shape index (κ3) is 9.18. The quantitative estimate of drug-likeness (QED) is 0.492. The van der Waals surface area contributed by atoms with Gasteiger partial charge in [0.15, 0.2) is 0 Å². The van der Waals surface area contributed by atoms with E-state index in [1.54, 1.807) is 14.0 Å². The lowest BCUT2D eigenvalue weighted by Gasteiger charge is -2.33. The average molecular weight is 577 g/mol. The number of amides is 3. The van der Waals surface area contributed by atoms with Crippen LogP contribution < -0.4 is 20.7 Å². The fourth-order valence-corrected chi connectivity index (χ4v) is 5.55. The number of aryl methyl sites for hydroxylation is 1. The smallest absolute Gasteiger partial charge is 0.243 e. The van der Waals surface area contributed by atoms with Gasteiger partial charge in [0.1, 0.15) is 24.4 Å². The first-order chi connectivity index (χ1) is 20.3. The van der Waals surface area contributed by atoms with E-state index in [0.29, 0.717) is 32.5 Å². The van der Waals surface area contributed by atoms with Crippen molar-refractivity contribution in [3.63, 3.8) is 0 Å². The molecule has 42 heavy (non-hydrogen) atoms. The number of ether oxygens (including phenoxy) is 1. The van der Waals surface area contributed by atoms with Crippen molar-refractivity contribution in [2.75, 3.05) is 26.7 Å². The molecule has 1 aliphatic carbocycles. The van der Waals surface area contributed by atoms with Gasteiger partial charge in [0.2, 0.25) is 17.7 Å². The van der Waals surface area contributed by atoms with Gasteiger partial charge in [-0.05, 0) is 38.3 Å². The van der Waals surface area contributed by atoms with Crippen molar-refractivity contribution in [3.05, 3.63) is 71.3 Å². The Hall–Kier alpha value is -3.65. The van der Waals surface area contributed by atoms with E-state index in [-0.39, 0.29) is 23.3 Å². The summed E-state index contributed by atoms with van der Waals surface area (Å²) in [6.07, 6.45) is 8.40. The summed E-state index contributed by atoms with van der Waals surface area (Å²) in [5, 5.41) is 9.47. The predicted molar refractivity (Wildman–Crippen MR) is 168 cm³/mol. The minimum atomic E-state index is -0.783. The number of carbonyl (C=O) groups is 3. The van der Waals surface area contributed by atoms with E-state index >= 15 is 0 Å². The molecule has 2 aromatic carbocycles. The van der Waals surface area contributed by atoms with Gasteiger partial charge < -0.3 is 25.6 Å². The summed E-state index contributed by atoms with van der Waals surface area (Å²) in [7, 11) is 1.66. The Morgan fingerprint density at radius 3 is 2.48 bits per heavy atom. The zero-order chi connectivity index (χ0) is 30.5. The molecular weight excluding hydrogens is 528 g/mol. The van der Waals surface area contributed by atoms with Crippen molar-refractivity contribution in [1.29, 1.82) is 0 Å². The lowest BCUT2D eigenvalue weighted by atomic mass is 9.92. The molecule has 0 radical (unpaired) electrons. The van der Waals surface area contributed by atoms with Crippen molar-refractivity contribution >= 4 is 23.8 Å². The van der Waals surface area contributed by atoms with Gasteiger partial charge in [-0.1, -0.05) is 86.9 Å². The summed E-state index contributed by atoms with van der Waals surface area (Å²) in [5.41, 5.74) is 2.64. The van der Waals surface area contributed by atoms with Crippen molar-refractivity contribution in [3.8, 4) is 5.75 Å². The van der Waals surface area contributed by atoms with Crippen LogP contribution >= 0.6 is 0 Å². The normalized spacial score (nSPS) is 22.7. The maximum Gasteiger partial charge on any atom is 0.243 e. The minimum absolute atomic E-state index is 0.0925. The number of hydrogen-bond acceptors (Lipinski definition) is 5. The molecule has 2 aromatic rings. The number of fused-ring (bicyclic) bond motifs is 1. The molecule has 0 bridgehead atoms. The van der Waals surface area contributed by atoms with E-state index in [1.807, 2.05) is 81.5 Å². The maximum atomic E-state index is 13.4. The number of nitrogens with zero attached hydrogens (tertiary/aromatic N) is 1. The van der Waals surface area contributed by atoms with E-state index in [9.17, 15) is 14.4 Å². The molecule has 0 saturated heterocycles. The van der Waals surface area contributed by atoms with Gasteiger partial charge in [-0.25, -0.2) is 0 Å². The number of benzene rings is 2. The summed E-state index contributed by atoms with van der Waals surface area (Å²) in [6, 6.07) is 14.2. The first-order valence-electron chi connectivity index (χ1n) is 15.3. The number of para-hydroxylation sites is 1. The van der Waals surface area contributed by atoms with Crippen LogP contribution in [0.4, 0.5) is 0 Å². The Kier molecular flexibility index (Phi) is 12.6. The number of hydrogen-bond donors (Lipinski definition) is 3. The largest absolute Gasteiger partial charge is 0.492 e. The highest BCUT2D eigenvalue weighted by Crippen LogP contribution is 2.33. The Bertz CT molecular complexity index is 1220. The predicted octanol–water partition coefficient (Wildman–Crippen LogP) is 4.41. The lowest BCUT2D eigenvalue weighted by Crippen LogP contribution is -2.55. The Labute approximate surface area is 251 Å². The zero-order valence-corrected chi connectivity index (χ0v) is 25.9. The Balaban J connectivity index is 0.00000237. The highest BCUT2D eigenvalue weighted by molar-refractivity contribution is 5.92. The van der Waals surface area contributed by atoms with Gasteiger partial charge in [-0.2, -0.15) is 0 Å². The molecule has 1 aliphatic heterocycles. The van der Waals surface area contributed by atoms with Crippen molar-refractivity contribution in [1.82, 2.24) is 20.9 Å². The van der Waals surface area contributed by atoms with Gasteiger partial charge >= 0.3 is 0 Å². The molecule has 8 heteroatoms. The van der Waals surface area contributed by atoms with E-state index < -0.39 is 12.1 Å². The van der Waals surface area contributed by atoms with Gasteiger partial charge in [0.05, 0.1) is 0 Å². The first-order valence-corrected chi connectivity index (χ1v) is 15.3. The summed E-state index contributed by atoms with van der Waals surface area (Å²) >= 11 is 0. The molecule has 228 valence electrons. The second kappa shape index (κ2) is 16.1. The monoisotopic (exact) mass is 576 g/mol. The van der Waals surface area contributed by atoms with Crippen LogP contribution in [0.2, 0.25) is 0 Å². The van der Waals surface area contributed by atoms with Crippen LogP contribution in [0.25, 0.3) is 6.08 Å². The topological polar surface area (TPSA) is 99.8 Å². The van der Waals surface area contributed by atoms with Crippen molar-refractivity contribution < 1.29 is 19.1 Å². The van der Waals surface area contributed by atoms with Crippen LogP contribution in [0, 0.1) is 6.92 Å². The molecule has 0 aromatic heterocycles. The van der Waals surface area contributed by atoms with Crippen LogP contribution in [-0.4, -0.2) is 67.0 Å². The fourth-order valence-electron chi connectivity index (χ4n) is 5.55. The summed E-state index contributed by atoms with van der Waals surface area (Å²) in [6.45, 7) is 9.08. The summed E-state index contributed by atoms with van der Waals surface area (Å²) in [5.74, 6) is 0.0368. The van der Waals surface area contributed by atoms with Gasteiger partial charge in [-0.15, -0.1) is 0 Å². The standard InChI is InChI=1S/C32H42N4O4.C2H6/c1-23-10-8-11-25(20-23)21-27-31(39)33-17-9-13-26-12-4-5-14-28(26)40-19-18-34-32(15-6-7-16-32)22-29(37)36(3)24(2)30(38)35-27;1-2/h4-5,8-14,20,24,27,34H,6-7,15-19,21-22H2,1-3H3,(H,33,39)(H,35,38);1-2H3/b13-9+;/t24-,27-;/m1./s1. The Morgan fingerprint density at radius 1 is 1.00 bits per heavy atom. The Morgan fingerprint density at radius 2 is 1.74 bits per heavy atom. The lowest BCUT2D eigenvalue weighted by molar-refractivity contribution is -0.140. The molecule has 3 N–H and O–H groups in total. The van der Waals surface area contributed by atoms with Crippen LogP contribution in [0.1, 0.15) is 69.6 Å². The molecule has 0 unspecified atom stereocenters. The van der Waals surface area contributed by atoms with Crippen molar-refractivity contribution in [2.45, 2.75) is 83.8 Å². The zero-order valence-electron chi connectivity index (χ0n) is 25.9. The number of carbonyl (C=O) groups excluding carboxylic acids is 3. The van der Waals surface area contributed by atoms with Crippen LogP contribution in [0.3, 0.4) is 0 Å². The maximum absolute atomic E-state index is 13.4. The van der Waals surface area contributed by atoms with E-state index in [0.717, 1.165) is 48.1 Å². The van der Waals surface area contributed by atoms with E-state index in [4.69, 9.17) is 4.74 Å². The van der Waals surface area contributed by atoms with E-state index in [2.05, 4.69) is 16.0 Å². The number of rotatable bonds is 2. The third-order valence-corrected chi connectivity index (χ3v) is 8.03. The van der Waals surface area contributed by atoms with Crippen LogP contribution in [0.15, 0.2) is 54.6 Å². The van der Waals surface area contributed by atoms with Gasteiger partial charge in [0, 0.05) is 44.1 Å². The molecule has 1 fully saturated rings. The second-order valence-electron chi connectivity index (χ2n) is 11.1. The molecule has 1 saturated carbocycles. The molecule has 1 heterocycles. The van der Waals surface area contributed by atoms with Crippen LogP contribution in [-0.2, 0) is 20.8 Å². The van der Waals surface area contributed by atoms with Gasteiger partial charge in [0.25, 0.3) is 0 Å². The average Bonchev–Trinajstić information content (AvgIpc) is 3.45. The second-order valence-corrected chi connectivity index (χ2v) is 11.1. The summed E-state index contributed by atoms with van der Waals surface area (Å²) < 4.78 is 6.10. The SMILES string of the molecule is CC.Cc1cccc(C[C@H]2NC(=O)[C@@H](C)N(C)C(=O)CC3(CCCC3)NCCOc3ccccc3/C=C/CNC2=O)c1. The molecule has 2 aliphatic rings. The molecule has 4 rings (SSSR count). The number of likely N-dealkylation sites (N-methyl/N-ethyl adjacent to an activating group) is 1. The summed E-state index contributed by atoms with van der Waals surface area (Å²) in [4.78, 5) is 41.5. The molecular formula is C34H48N4O4.